The Kier molecular flexibility index (Phi) is 5.82. The van der Waals surface area contributed by atoms with Gasteiger partial charge in [-0.05, 0) is 56.4 Å². The lowest BCUT2D eigenvalue weighted by Gasteiger charge is -2.15. The summed E-state index contributed by atoms with van der Waals surface area (Å²) in [6, 6.07) is 18.8. The number of hydrogen-bond acceptors (Lipinski definition) is 2. The minimum absolute atomic E-state index is 0.0735. The number of nitrogens with two attached hydrogens (primary N) is 1. The molecule has 0 bridgehead atoms. The quantitative estimate of drug-likeness (QED) is 0.812. The van der Waals surface area contributed by atoms with E-state index in [9.17, 15) is 0 Å². The van der Waals surface area contributed by atoms with Crippen LogP contribution in [0.2, 0.25) is 0 Å². The number of aryl methyl sites for hydroxylation is 1. The van der Waals surface area contributed by atoms with Gasteiger partial charge in [0.15, 0.2) is 0 Å². The molecular weight excluding hydrogens is 258 g/mol. The summed E-state index contributed by atoms with van der Waals surface area (Å²) in [6.45, 7) is 4.07. The van der Waals surface area contributed by atoms with E-state index in [2.05, 4.69) is 42.5 Å². The van der Waals surface area contributed by atoms with E-state index in [4.69, 9.17) is 10.5 Å². The fourth-order valence-electron chi connectivity index (χ4n) is 2.43. The Hall–Kier alpha value is -1.80. The van der Waals surface area contributed by atoms with Gasteiger partial charge in [-0.1, -0.05) is 42.5 Å². The van der Waals surface area contributed by atoms with Crippen LogP contribution < -0.4 is 10.5 Å². The zero-order valence-electron chi connectivity index (χ0n) is 13.0. The lowest BCUT2D eigenvalue weighted by molar-refractivity contribution is 0.242. The largest absolute Gasteiger partial charge is 0.491 e. The highest BCUT2D eigenvalue weighted by Crippen LogP contribution is 2.22. The highest BCUT2D eigenvalue weighted by Gasteiger charge is 2.07. The summed E-state index contributed by atoms with van der Waals surface area (Å²) in [5, 5.41) is 0. The van der Waals surface area contributed by atoms with Crippen LogP contribution in [0.15, 0.2) is 54.6 Å². The van der Waals surface area contributed by atoms with Crippen molar-refractivity contribution in [1.82, 2.24) is 0 Å². The van der Waals surface area contributed by atoms with Crippen molar-refractivity contribution in [1.29, 1.82) is 0 Å². The van der Waals surface area contributed by atoms with Crippen LogP contribution in [0.1, 0.15) is 43.9 Å². The number of hydrogen-bond donors (Lipinski definition) is 1. The van der Waals surface area contributed by atoms with Crippen molar-refractivity contribution < 1.29 is 4.74 Å². The van der Waals surface area contributed by atoms with Gasteiger partial charge in [0.25, 0.3) is 0 Å². The maximum absolute atomic E-state index is 6.30. The number of ether oxygens (including phenoxy) is 1. The van der Waals surface area contributed by atoms with Crippen LogP contribution in [0, 0.1) is 0 Å². The van der Waals surface area contributed by atoms with Gasteiger partial charge in [-0.2, -0.15) is 0 Å². The van der Waals surface area contributed by atoms with Gasteiger partial charge in [0.1, 0.15) is 5.75 Å². The molecule has 0 heterocycles. The van der Waals surface area contributed by atoms with Crippen LogP contribution in [-0.2, 0) is 6.42 Å². The topological polar surface area (TPSA) is 35.2 Å². The second-order valence-electron chi connectivity index (χ2n) is 5.72. The van der Waals surface area contributed by atoms with Crippen LogP contribution in [0.25, 0.3) is 0 Å². The summed E-state index contributed by atoms with van der Waals surface area (Å²) >= 11 is 0. The molecule has 0 aliphatic rings. The molecule has 0 aliphatic carbocycles. The predicted molar refractivity (Wildman–Crippen MR) is 88.5 cm³/mol. The van der Waals surface area contributed by atoms with Gasteiger partial charge in [0.2, 0.25) is 0 Å². The van der Waals surface area contributed by atoms with Crippen molar-refractivity contribution in [3.8, 4) is 5.75 Å². The van der Waals surface area contributed by atoms with Crippen molar-refractivity contribution in [2.45, 2.75) is 45.3 Å². The van der Waals surface area contributed by atoms with E-state index in [0.717, 1.165) is 30.6 Å². The molecule has 112 valence electrons. The van der Waals surface area contributed by atoms with E-state index >= 15 is 0 Å². The van der Waals surface area contributed by atoms with Gasteiger partial charge >= 0.3 is 0 Å². The van der Waals surface area contributed by atoms with E-state index in [0.29, 0.717) is 0 Å². The maximum Gasteiger partial charge on any atom is 0.120 e. The first-order chi connectivity index (χ1) is 10.1. The molecule has 1 unspecified atom stereocenters. The Morgan fingerprint density at radius 3 is 2.48 bits per heavy atom. The van der Waals surface area contributed by atoms with Crippen molar-refractivity contribution in [2.75, 3.05) is 0 Å². The molecule has 2 rings (SSSR count). The molecule has 21 heavy (non-hydrogen) atoms. The second kappa shape index (κ2) is 7.84. The summed E-state index contributed by atoms with van der Waals surface area (Å²) in [6.07, 6.45) is 3.35. The first-order valence-corrected chi connectivity index (χ1v) is 7.71. The third-order valence-corrected chi connectivity index (χ3v) is 3.48. The van der Waals surface area contributed by atoms with E-state index in [1.807, 2.05) is 26.0 Å². The Bertz CT molecular complexity index is 536. The standard InChI is InChI=1S/C19H25NO/c1-15(2)21-18-12-7-11-17(14-18)19(20)13-6-10-16-8-4-3-5-9-16/h3-5,7-9,11-12,14-15,19H,6,10,13,20H2,1-2H3. The summed E-state index contributed by atoms with van der Waals surface area (Å²) in [7, 11) is 0. The average molecular weight is 283 g/mol. The first kappa shape index (κ1) is 15.6. The van der Waals surface area contributed by atoms with E-state index < -0.39 is 0 Å². The summed E-state index contributed by atoms with van der Waals surface area (Å²) < 4.78 is 5.72. The summed E-state index contributed by atoms with van der Waals surface area (Å²) in [4.78, 5) is 0. The Labute approximate surface area is 127 Å². The number of rotatable bonds is 7. The van der Waals surface area contributed by atoms with Crippen molar-refractivity contribution in [3.05, 3.63) is 65.7 Å². The molecule has 0 saturated heterocycles. The van der Waals surface area contributed by atoms with Gasteiger partial charge in [-0.25, -0.2) is 0 Å². The van der Waals surface area contributed by atoms with Crippen LogP contribution in [0.3, 0.4) is 0 Å². The zero-order chi connectivity index (χ0) is 15.1. The zero-order valence-corrected chi connectivity index (χ0v) is 13.0. The smallest absolute Gasteiger partial charge is 0.120 e. The highest BCUT2D eigenvalue weighted by molar-refractivity contribution is 5.30. The normalized spacial score (nSPS) is 12.4. The molecule has 2 nitrogen and oxygen atoms in total. The van der Waals surface area contributed by atoms with Gasteiger partial charge in [0, 0.05) is 6.04 Å². The molecule has 1 atom stereocenters. The Balaban J connectivity index is 1.86. The molecule has 0 spiro atoms. The van der Waals surface area contributed by atoms with Gasteiger partial charge < -0.3 is 10.5 Å². The minimum atomic E-state index is 0.0735. The summed E-state index contributed by atoms with van der Waals surface area (Å²) in [5.74, 6) is 0.904. The van der Waals surface area contributed by atoms with E-state index in [1.54, 1.807) is 0 Å². The van der Waals surface area contributed by atoms with Crippen LogP contribution in [0.4, 0.5) is 0 Å². The fraction of sp³-hybridized carbons (Fsp3) is 0.368. The lowest BCUT2D eigenvalue weighted by atomic mass is 9.99. The fourth-order valence-corrected chi connectivity index (χ4v) is 2.43. The lowest BCUT2D eigenvalue weighted by Crippen LogP contribution is -2.11. The van der Waals surface area contributed by atoms with Gasteiger partial charge in [-0.3, -0.25) is 0 Å². The first-order valence-electron chi connectivity index (χ1n) is 7.71. The average Bonchev–Trinajstić information content (AvgIpc) is 2.48. The molecule has 0 amide bonds. The summed E-state index contributed by atoms with van der Waals surface area (Å²) in [5.41, 5.74) is 8.83. The molecule has 2 heteroatoms. The highest BCUT2D eigenvalue weighted by atomic mass is 16.5. The van der Waals surface area contributed by atoms with E-state index in [1.165, 1.54) is 5.56 Å². The molecule has 2 N–H and O–H groups in total. The van der Waals surface area contributed by atoms with Gasteiger partial charge in [-0.15, -0.1) is 0 Å². The SMILES string of the molecule is CC(C)Oc1cccc(C(N)CCCc2ccccc2)c1. The monoisotopic (exact) mass is 283 g/mol. The molecule has 0 aromatic heterocycles. The van der Waals surface area contributed by atoms with Crippen LogP contribution in [0.5, 0.6) is 5.75 Å². The maximum atomic E-state index is 6.30. The minimum Gasteiger partial charge on any atom is -0.491 e. The molecule has 2 aromatic carbocycles. The third-order valence-electron chi connectivity index (χ3n) is 3.48. The van der Waals surface area contributed by atoms with Crippen molar-refractivity contribution in [3.63, 3.8) is 0 Å². The van der Waals surface area contributed by atoms with Crippen molar-refractivity contribution in [2.24, 2.45) is 5.73 Å². The molecule has 0 saturated carbocycles. The molecule has 0 fully saturated rings. The van der Waals surface area contributed by atoms with Crippen LogP contribution >= 0.6 is 0 Å². The molecule has 0 radical (unpaired) electrons. The van der Waals surface area contributed by atoms with E-state index in [-0.39, 0.29) is 12.1 Å². The van der Waals surface area contributed by atoms with Crippen molar-refractivity contribution >= 4 is 0 Å². The molecular formula is C19H25NO. The predicted octanol–water partition coefficient (Wildman–Crippen LogP) is 4.50. The molecule has 2 aromatic rings. The molecule has 0 aliphatic heterocycles. The number of benzene rings is 2. The Morgan fingerprint density at radius 2 is 1.76 bits per heavy atom. The van der Waals surface area contributed by atoms with Crippen LogP contribution in [-0.4, -0.2) is 6.10 Å². The third kappa shape index (κ3) is 5.24. The Morgan fingerprint density at radius 1 is 1.00 bits per heavy atom. The second-order valence-corrected chi connectivity index (χ2v) is 5.72. The van der Waals surface area contributed by atoms with Gasteiger partial charge in [0.05, 0.1) is 6.10 Å².